The number of hydrogen-bond acceptors (Lipinski definition) is 9. The Labute approximate surface area is 221 Å². The lowest BCUT2D eigenvalue weighted by Crippen LogP contribution is -2.32. The fraction of sp³-hybridized carbons (Fsp3) is 0.520. The summed E-state index contributed by atoms with van der Waals surface area (Å²) in [5, 5.41) is 21.9. The first-order valence-corrected chi connectivity index (χ1v) is 14.4. The molecule has 198 valence electrons. The Morgan fingerprint density at radius 2 is 1.89 bits per heavy atom. The van der Waals surface area contributed by atoms with Crippen molar-refractivity contribution in [3.05, 3.63) is 58.3 Å². The molecule has 0 radical (unpaired) electrons. The third kappa shape index (κ3) is 10.7. The zero-order valence-electron chi connectivity index (χ0n) is 21.2. The van der Waals surface area contributed by atoms with E-state index in [1.165, 1.54) is 16.9 Å². The Morgan fingerprint density at radius 1 is 1.14 bits per heavy atom. The maximum absolute atomic E-state index is 12.3. The molecule has 11 heteroatoms. The number of aliphatic hydroxyl groups is 1. The summed E-state index contributed by atoms with van der Waals surface area (Å²) in [4.78, 5) is 30.7. The summed E-state index contributed by atoms with van der Waals surface area (Å²) in [5.41, 5.74) is 0.819. The van der Waals surface area contributed by atoms with E-state index < -0.39 is 17.1 Å². The smallest absolute Gasteiger partial charge is 0.410 e. The monoisotopic (exact) mass is 536 g/mol. The maximum Gasteiger partial charge on any atom is 0.414 e. The Balaban J connectivity index is 1.63. The van der Waals surface area contributed by atoms with Gasteiger partial charge in [0.05, 0.1) is 11.0 Å². The molecule has 0 saturated carbocycles. The Hall–Kier alpha value is -2.34. The highest BCUT2D eigenvalue weighted by Gasteiger charge is 2.15. The van der Waals surface area contributed by atoms with Gasteiger partial charge in [-0.3, -0.25) is 10.1 Å². The number of pyridine rings is 1. The van der Waals surface area contributed by atoms with Crippen LogP contribution in [0.25, 0.3) is 0 Å². The summed E-state index contributed by atoms with van der Waals surface area (Å²) in [6.07, 6.45) is 4.87. The molecule has 0 fully saturated rings. The van der Waals surface area contributed by atoms with Crippen molar-refractivity contribution in [1.29, 1.82) is 0 Å². The van der Waals surface area contributed by atoms with Gasteiger partial charge in [-0.15, -0.1) is 0 Å². The zero-order valence-corrected chi connectivity index (χ0v) is 22.8. The number of nitro groups is 1. The molecule has 1 atom stereocenters. The second-order valence-electron chi connectivity index (χ2n) is 8.46. The number of amides is 1. The van der Waals surface area contributed by atoms with Crippen molar-refractivity contribution < 1.29 is 19.6 Å². The second kappa shape index (κ2) is 16.4. The molecule has 1 amide bonds. The number of carbonyl (C=O) groups is 1. The number of benzene rings is 1. The standard InChI is InChI=1S/C25H36N4O5S2/c1-4-27(2)17-9-18-28(3)25(31)34-21-14-12-20(13-15-21)23(30)11-6-5-7-19-35-36-24-22(29(32)33)10-8-16-26-24/h8,10,12-16,23,30H,4-7,9,11,17-19H2,1-3H3. The lowest BCUT2D eigenvalue weighted by Gasteiger charge is -2.19. The first-order valence-electron chi connectivity index (χ1n) is 12.1. The van der Waals surface area contributed by atoms with E-state index in [-0.39, 0.29) is 5.69 Å². The van der Waals surface area contributed by atoms with Gasteiger partial charge >= 0.3 is 11.8 Å². The normalized spacial score (nSPS) is 11.9. The molecular formula is C25H36N4O5S2. The molecule has 0 aliphatic rings. The van der Waals surface area contributed by atoms with Gasteiger partial charge in [0.2, 0.25) is 0 Å². The largest absolute Gasteiger partial charge is 0.414 e. The quantitative estimate of drug-likeness (QED) is 0.123. The fourth-order valence-electron chi connectivity index (χ4n) is 3.29. The van der Waals surface area contributed by atoms with Gasteiger partial charge in [-0.05, 0) is 74.0 Å². The van der Waals surface area contributed by atoms with Crippen molar-refractivity contribution in [3.63, 3.8) is 0 Å². The zero-order chi connectivity index (χ0) is 26.3. The molecule has 1 N–H and O–H groups in total. The van der Waals surface area contributed by atoms with Crippen molar-refractivity contribution in [3.8, 4) is 5.75 Å². The Morgan fingerprint density at radius 3 is 2.58 bits per heavy atom. The average Bonchev–Trinajstić information content (AvgIpc) is 2.88. The van der Waals surface area contributed by atoms with Gasteiger partial charge in [0, 0.05) is 31.6 Å². The third-order valence-electron chi connectivity index (χ3n) is 5.65. The second-order valence-corrected chi connectivity index (χ2v) is 10.9. The van der Waals surface area contributed by atoms with E-state index in [4.69, 9.17) is 4.74 Å². The molecule has 0 saturated heterocycles. The number of carbonyl (C=O) groups excluding carboxylic acids is 1. The average molecular weight is 537 g/mol. The first-order chi connectivity index (χ1) is 17.3. The van der Waals surface area contributed by atoms with Crippen LogP contribution in [0.3, 0.4) is 0 Å². The minimum absolute atomic E-state index is 0.0290. The Bertz CT molecular complexity index is 948. The van der Waals surface area contributed by atoms with Crippen molar-refractivity contribution in [2.45, 2.75) is 50.2 Å². The molecule has 2 aromatic rings. The summed E-state index contributed by atoms with van der Waals surface area (Å²) in [6, 6.07) is 10.0. The predicted octanol–water partition coefficient (Wildman–Crippen LogP) is 5.80. The molecule has 1 heterocycles. The van der Waals surface area contributed by atoms with Crippen molar-refractivity contribution in [2.75, 3.05) is 39.5 Å². The van der Waals surface area contributed by atoms with E-state index in [1.54, 1.807) is 59.3 Å². The van der Waals surface area contributed by atoms with Crippen LogP contribution < -0.4 is 4.74 Å². The molecule has 0 spiro atoms. The Kier molecular flexibility index (Phi) is 13.6. The molecule has 1 unspecified atom stereocenters. The topological polar surface area (TPSA) is 109 Å². The number of rotatable bonds is 16. The van der Waals surface area contributed by atoms with Gasteiger partial charge in [-0.2, -0.15) is 0 Å². The fourth-order valence-corrected chi connectivity index (χ4v) is 5.46. The van der Waals surface area contributed by atoms with Crippen LogP contribution in [0.1, 0.15) is 50.7 Å². The highest BCUT2D eigenvalue weighted by molar-refractivity contribution is 8.76. The van der Waals surface area contributed by atoms with E-state index >= 15 is 0 Å². The third-order valence-corrected chi connectivity index (χ3v) is 8.02. The summed E-state index contributed by atoms with van der Waals surface area (Å²) in [6.45, 7) is 4.63. The van der Waals surface area contributed by atoms with Crippen LogP contribution in [0.5, 0.6) is 5.75 Å². The summed E-state index contributed by atoms with van der Waals surface area (Å²) in [5.74, 6) is 1.30. The minimum atomic E-state index is -0.578. The summed E-state index contributed by atoms with van der Waals surface area (Å²) in [7, 11) is 6.65. The van der Waals surface area contributed by atoms with Crippen LogP contribution in [0, 0.1) is 10.1 Å². The van der Waals surface area contributed by atoms with E-state index in [9.17, 15) is 20.0 Å². The number of aliphatic hydroxyl groups excluding tert-OH is 1. The van der Waals surface area contributed by atoms with Gasteiger partial charge in [0.25, 0.3) is 0 Å². The number of aromatic nitrogens is 1. The highest BCUT2D eigenvalue weighted by atomic mass is 33.1. The van der Waals surface area contributed by atoms with E-state index in [0.29, 0.717) is 23.7 Å². The minimum Gasteiger partial charge on any atom is -0.410 e. The van der Waals surface area contributed by atoms with E-state index in [2.05, 4.69) is 23.9 Å². The van der Waals surface area contributed by atoms with Gasteiger partial charge in [-0.25, -0.2) is 9.78 Å². The van der Waals surface area contributed by atoms with Gasteiger partial charge in [-0.1, -0.05) is 42.7 Å². The molecule has 2 rings (SSSR count). The number of ether oxygens (including phenoxy) is 1. The van der Waals surface area contributed by atoms with Crippen LogP contribution in [0.2, 0.25) is 0 Å². The molecule has 0 aliphatic heterocycles. The summed E-state index contributed by atoms with van der Waals surface area (Å²) >= 11 is 0. The van der Waals surface area contributed by atoms with Gasteiger partial charge < -0.3 is 19.6 Å². The van der Waals surface area contributed by atoms with Crippen molar-refractivity contribution in [2.24, 2.45) is 0 Å². The van der Waals surface area contributed by atoms with Crippen molar-refractivity contribution >= 4 is 33.4 Å². The number of unbranched alkanes of at least 4 members (excludes halogenated alkanes) is 2. The molecular weight excluding hydrogens is 500 g/mol. The molecule has 0 bridgehead atoms. The van der Waals surface area contributed by atoms with Crippen LogP contribution in [-0.4, -0.2) is 70.4 Å². The number of hydrogen-bond donors (Lipinski definition) is 1. The lowest BCUT2D eigenvalue weighted by atomic mass is 10.0. The molecule has 36 heavy (non-hydrogen) atoms. The maximum atomic E-state index is 12.3. The number of nitrogens with zero attached hydrogens (tertiary/aromatic N) is 4. The van der Waals surface area contributed by atoms with Crippen LogP contribution in [0.4, 0.5) is 10.5 Å². The van der Waals surface area contributed by atoms with Crippen molar-refractivity contribution in [1.82, 2.24) is 14.8 Å². The van der Waals surface area contributed by atoms with E-state index in [1.807, 2.05) is 0 Å². The van der Waals surface area contributed by atoms with E-state index in [0.717, 1.165) is 50.1 Å². The van der Waals surface area contributed by atoms with Gasteiger partial charge in [0.15, 0.2) is 5.03 Å². The lowest BCUT2D eigenvalue weighted by molar-refractivity contribution is -0.388. The molecule has 1 aromatic carbocycles. The summed E-state index contributed by atoms with van der Waals surface area (Å²) < 4.78 is 5.43. The first kappa shape index (κ1) is 29.9. The molecule has 1 aromatic heterocycles. The molecule has 0 aliphatic carbocycles. The SMILES string of the molecule is CCN(C)CCCN(C)C(=O)Oc1ccc(C(O)CCCCCSSc2ncccc2[N+](=O)[O-])cc1. The predicted molar refractivity (Wildman–Crippen MR) is 146 cm³/mol. The van der Waals surface area contributed by atoms with Crippen LogP contribution in [0.15, 0.2) is 47.6 Å². The highest BCUT2D eigenvalue weighted by Crippen LogP contribution is 2.36. The molecule has 9 nitrogen and oxygen atoms in total. The van der Waals surface area contributed by atoms with Crippen LogP contribution >= 0.6 is 21.6 Å². The van der Waals surface area contributed by atoms with Crippen LogP contribution in [-0.2, 0) is 0 Å². The van der Waals surface area contributed by atoms with Gasteiger partial charge in [0.1, 0.15) is 5.75 Å².